The number of fused-ring (bicyclic) bond motifs is 1. The van der Waals surface area contributed by atoms with Crippen LogP contribution in [0.2, 0.25) is 0 Å². The minimum absolute atomic E-state index is 0.962. The van der Waals surface area contributed by atoms with Gasteiger partial charge in [0.1, 0.15) is 0 Å². The summed E-state index contributed by atoms with van der Waals surface area (Å²) in [5, 5.41) is 0. The zero-order valence-electron chi connectivity index (χ0n) is 6.22. The van der Waals surface area contributed by atoms with Gasteiger partial charge in [-0.1, -0.05) is 18.2 Å². The second-order valence-corrected chi connectivity index (χ2v) is 2.58. The van der Waals surface area contributed by atoms with Crippen LogP contribution in [-0.4, -0.2) is 6.54 Å². The van der Waals surface area contributed by atoms with Crippen LogP contribution in [0.15, 0.2) is 24.3 Å². The van der Waals surface area contributed by atoms with Crippen molar-refractivity contribution in [3.05, 3.63) is 29.8 Å². The molecule has 0 amide bonds. The van der Waals surface area contributed by atoms with E-state index in [1.807, 2.05) is 6.07 Å². The number of hydrogen-bond donors (Lipinski definition) is 3. The molecule has 0 fully saturated rings. The van der Waals surface area contributed by atoms with Crippen molar-refractivity contribution in [3.8, 4) is 0 Å². The molecule has 0 bridgehead atoms. The Morgan fingerprint density at radius 2 is 2.09 bits per heavy atom. The van der Waals surface area contributed by atoms with Crippen molar-refractivity contribution in [2.45, 2.75) is 6.42 Å². The number of rotatable bonds is 0. The van der Waals surface area contributed by atoms with E-state index in [9.17, 15) is 0 Å². The van der Waals surface area contributed by atoms with Crippen molar-refractivity contribution < 1.29 is 0 Å². The van der Waals surface area contributed by atoms with Gasteiger partial charge in [0.25, 0.3) is 0 Å². The Labute approximate surface area is 65.7 Å². The standard InChI is InChI=1S/C8H11N3/c1-2-4-8-7(3-1)5-6-9-11-10-8/h1-4,9-11H,5-6H2. The molecule has 3 heteroatoms. The van der Waals surface area contributed by atoms with Crippen molar-refractivity contribution >= 4 is 5.69 Å². The molecule has 0 aromatic heterocycles. The first-order chi connectivity index (χ1) is 5.47. The molecule has 0 saturated heterocycles. The Morgan fingerprint density at radius 3 is 3.09 bits per heavy atom. The topological polar surface area (TPSA) is 36.1 Å². The van der Waals surface area contributed by atoms with Crippen molar-refractivity contribution in [2.24, 2.45) is 0 Å². The number of anilines is 1. The average molecular weight is 149 g/mol. The third-order valence-electron chi connectivity index (χ3n) is 1.82. The Bertz CT molecular complexity index is 222. The molecule has 58 valence electrons. The predicted octanol–water partition coefficient (Wildman–Crippen LogP) is 0.664. The van der Waals surface area contributed by atoms with Crippen LogP contribution in [0, 0.1) is 0 Å². The van der Waals surface area contributed by atoms with Gasteiger partial charge in [0.2, 0.25) is 0 Å². The van der Waals surface area contributed by atoms with E-state index in [1.54, 1.807) is 0 Å². The molecule has 2 rings (SSSR count). The molecule has 0 atom stereocenters. The highest BCUT2D eigenvalue weighted by atomic mass is 15.6. The Balaban J connectivity index is 2.33. The maximum atomic E-state index is 3.06. The Kier molecular flexibility index (Phi) is 1.75. The van der Waals surface area contributed by atoms with Gasteiger partial charge in [0.05, 0.1) is 5.69 Å². The molecule has 0 spiro atoms. The smallest absolute Gasteiger partial charge is 0.0533 e. The summed E-state index contributed by atoms with van der Waals surface area (Å²) in [5.41, 5.74) is 11.5. The minimum atomic E-state index is 0.962. The van der Waals surface area contributed by atoms with Gasteiger partial charge in [0.15, 0.2) is 0 Å². The van der Waals surface area contributed by atoms with Crippen LogP contribution >= 0.6 is 0 Å². The molecular weight excluding hydrogens is 138 g/mol. The molecule has 0 unspecified atom stereocenters. The summed E-state index contributed by atoms with van der Waals surface area (Å²) >= 11 is 0. The molecule has 3 N–H and O–H groups in total. The first-order valence-corrected chi connectivity index (χ1v) is 3.78. The average Bonchev–Trinajstić information content (AvgIpc) is 2.28. The summed E-state index contributed by atoms with van der Waals surface area (Å²) in [7, 11) is 0. The lowest BCUT2D eigenvalue weighted by atomic mass is 10.1. The quantitative estimate of drug-likeness (QED) is 0.507. The summed E-state index contributed by atoms with van der Waals surface area (Å²) in [5.74, 6) is 0. The van der Waals surface area contributed by atoms with Gasteiger partial charge in [-0.05, 0) is 18.1 Å². The van der Waals surface area contributed by atoms with Gasteiger partial charge in [-0.3, -0.25) is 0 Å². The first kappa shape index (κ1) is 6.64. The number of para-hydroxylation sites is 1. The van der Waals surface area contributed by atoms with Crippen LogP contribution in [0.1, 0.15) is 5.56 Å². The van der Waals surface area contributed by atoms with Gasteiger partial charge < -0.3 is 5.43 Å². The molecule has 0 aliphatic carbocycles. The minimum Gasteiger partial charge on any atom is -0.308 e. The normalized spacial score (nSPS) is 16.4. The number of hydrogen-bond acceptors (Lipinski definition) is 3. The fourth-order valence-electron chi connectivity index (χ4n) is 1.23. The van der Waals surface area contributed by atoms with Gasteiger partial charge >= 0.3 is 0 Å². The maximum Gasteiger partial charge on any atom is 0.0533 e. The van der Waals surface area contributed by atoms with Crippen molar-refractivity contribution in [3.63, 3.8) is 0 Å². The van der Waals surface area contributed by atoms with Gasteiger partial charge in [-0.2, -0.15) is 5.53 Å². The highest BCUT2D eigenvalue weighted by Gasteiger charge is 2.03. The predicted molar refractivity (Wildman–Crippen MR) is 44.9 cm³/mol. The van der Waals surface area contributed by atoms with E-state index in [-0.39, 0.29) is 0 Å². The highest BCUT2D eigenvalue weighted by Crippen LogP contribution is 2.14. The highest BCUT2D eigenvalue weighted by molar-refractivity contribution is 5.50. The van der Waals surface area contributed by atoms with Crippen LogP contribution in [0.25, 0.3) is 0 Å². The second kappa shape index (κ2) is 2.90. The van der Waals surface area contributed by atoms with Crippen LogP contribution in [0.5, 0.6) is 0 Å². The third-order valence-corrected chi connectivity index (χ3v) is 1.82. The molecule has 3 nitrogen and oxygen atoms in total. The zero-order valence-corrected chi connectivity index (χ0v) is 6.22. The van der Waals surface area contributed by atoms with E-state index >= 15 is 0 Å². The molecule has 0 radical (unpaired) electrons. The van der Waals surface area contributed by atoms with Crippen molar-refractivity contribution in [1.29, 1.82) is 0 Å². The number of hydrazine groups is 2. The molecular formula is C8H11N3. The number of nitrogens with one attached hydrogen (secondary N) is 3. The molecule has 1 aliphatic rings. The molecule has 0 saturated carbocycles. The Hall–Kier alpha value is -1.06. The van der Waals surface area contributed by atoms with Crippen LogP contribution in [-0.2, 0) is 6.42 Å². The molecule has 1 aromatic carbocycles. The summed E-state index contributed by atoms with van der Waals surface area (Å²) in [6, 6.07) is 8.29. The summed E-state index contributed by atoms with van der Waals surface area (Å²) in [6.45, 7) is 0.962. The van der Waals surface area contributed by atoms with E-state index in [2.05, 4.69) is 34.6 Å². The number of benzene rings is 1. The lowest BCUT2D eigenvalue weighted by Gasteiger charge is -2.05. The van der Waals surface area contributed by atoms with Crippen LogP contribution < -0.4 is 16.4 Å². The zero-order chi connectivity index (χ0) is 7.52. The fraction of sp³-hybridized carbons (Fsp3) is 0.250. The molecule has 1 heterocycles. The van der Waals surface area contributed by atoms with Gasteiger partial charge in [-0.25, -0.2) is 5.43 Å². The van der Waals surface area contributed by atoms with Crippen molar-refractivity contribution in [1.82, 2.24) is 11.0 Å². The Morgan fingerprint density at radius 1 is 1.18 bits per heavy atom. The lowest BCUT2D eigenvalue weighted by molar-refractivity contribution is 0.607. The SMILES string of the molecule is c1ccc2c(c1)CCNNN2. The van der Waals surface area contributed by atoms with E-state index in [4.69, 9.17) is 0 Å². The second-order valence-electron chi connectivity index (χ2n) is 2.58. The maximum absolute atomic E-state index is 3.06. The molecule has 1 aromatic rings. The summed E-state index contributed by atoms with van der Waals surface area (Å²) in [4.78, 5) is 0. The third kappa shape index (κ3) is 1.34. The van der Waals surface area contributed by atoms with Crippen molar-refractivity contribution in [2.75, 3.05) is 12.0 Å². The summed E-state index contributed by atoms with van der Waals surface area (Å²) < 4.78 is 0. The summed E-state index contributed by atoms with van der Waals surface area (Å²) in [6.07, 6.45) is 1.07. The molecule has 11 heavy (non-hydrogen) atoms. The van der Waals surface area contributed by atoms with E-state index < -0.39 is 0 Å². The van der Waals surface area contributed by atoms with Crippen LogP contribution in [0.4, 0.5) is 5.69 Å². The lowest BCUT2D eigenvalue weighted by Crippen LogP contribution is -2.35. The van der Waals surface area contributed by atoms with Gasteiger partial charge in [0, 0.05) is 6.54 Å². The van der Waals surface area contributed by atoms with E-state index in [0.29, 0.717) is 0 Å². The first-order valence-electron chi connectivity index (χ1n) is 3.78. The van der Waals surface area contributed by atoms with E-state index in [0.717, 1.165) is 18.7 Å². The molecule has 1 aliphatic heterocycles. The van der Waals surface area contributed by atoms with Gasteiger partial charge in [-0.15, -0.1) is 0 Å². The van der Waals surface area contributed by atoms with Crippen LogP contribution in [0.3, 0.4) is 0 Å². The fourth-order valence-corrected chi connectivity index (χ4v) is 1.23. The van der Waals surface area contributed by atoms with E-state index in [1.165, 1.54) is 5.56 Å². The largest absolute Gasteiger partial charge is 0.308 e. The monoisotopic (exact) mass is 149 g/mol.